The van der Waals surface area contributed by atoms with Crippen LogP contribution >= 0.6 is 11.6 Å². The minimum atomic E-state index is 0.451. The van der Waals surface area contributed by atoms with E-state index in [4.69, 9.17) is 11.6 Å². The van der Waals surface area contributed by atoms with Gasteiger partial charge in [0.2, 0.25) is 0 Å². The van der Waals surface area contributed by atoms with Gasteiger partial charge >= 0.3 is 0 Å². The van der Waals surface area contributed by atoms with E-state index in [1.54, 1.807) is 4.52 Å². The molecule has 0 aromatic carbocycles. The molecule has 1 saturated carbocycles. The van der Waals surface area contributed by atoms with Crippen molar-refractivity contribution in [3.63, 3.8) is 0 Å². The monoisotopic (exact) mass is 265 g/mol. The number of nitrogens with one attached hydrogen (secondary N) is 1. The number of anilines is 1. The van der Waals surface area contributed by atoms with Crippen LogP contribution in [0.1, 0.15) is 38.5 Å². The predicted octanol–water partition coefficient (Wildman–Crippen LogP) is 2.91. The first-order valence-electron chi connectivity index (χ1n) is 6.46. The third kappa shape index (κ3) is 2.41. The molecule has 2 aromatic rings. The third-order valence-corrected chi connectivity index (χ3v) is 3.62. The van der Waals surface area contributed by atoms with E-state index < -0.39 is 0 Å². The van der Waals surface area contributed by atoms with Crippen molar-refractivity contribution in [2.75, 3.05) is 5.32 Å². The van der Waals surface area contributed by atoms with Gasteiger partial charge < -0.3 is 5.32 Å². The first-order valence-corrected chi connectivity index (χ1v) is 6.83. The van der Waals surface area contributed by atoms with Crippen molar-refractivity contribution < 1.29 is 0 Å². The molecule has 1 N–H and O–H groups in total. The molecule has 0 saturated heterocycles. The highest BCUT2D eigenvalue weighted by Gasteiger charge is 2.14. The number of aromatic nitrogens is 4. The van der Waals surface area contributed by atoms with Crippen LogP contribution in [-0.2, 0) is 0 Å². The van der Waals surface area contributed by atoms with Gasteiger partial charge in [-0.15, -0.1) is 0 Å². The Balaban J connectivity index is 1.86. The fourth-order valence-electron chi connectivity index (χ4n) is 2.52. The molecule has 2 heterocycles. The molecule has 1 aliphatic carbocycles. The number of halogens is 1. The lowest BCUT2D eigenvalue weighted by molar-refractivity contribution is 0.614. The largest absolute Gasteiger partial charge is 0.367 e. The normalized spacial score (nSPS) is 17.8. The first-order chi connectivity index (χ1) is 8.83. The van der Waals surface area contributed by atoms with Crippen molar-refractivity contribution in [2.24, 2.45) is 0 Å². The molecule has 0 spiro atoms. The van der Waals surface area contributed by atoms with Gasteiger partial charge in [-0.05, 0) is 12.8 Å². The number of hydrogen-bond acceptors (Lipinski definition) is 4. The Morgan fingerprint density at radius 1 is 1.22 bits per heavy atom. The summed E-state index contributed by atoms with van der Waals surface area (Å²) in [6, 6.07) is 2.31. The Bertz CT molecular complexity index is 530. The van der Waals surface area contributed by atoms with Crippen molar-refractivity contribution in [1.29, 1.82) is 0 Å². The van der Waals surface area contributed by atoms with E-state index in [2.05, 4.69) is 20.4 Å². The third-order valence-electron chi connectivity index (χ3n) is 3.43. The quantitative estimate of drug-likeness (QED) is 0.670. The van der Waals surface area contributed by atoms with Crippen LogP contribution in [0.4, 0.5) is 5.82 Å². The summed E-state index contributed by atoms with van der Waals surface area (Å²) in [6.07, 6.45) is 9.17. The lowest BCUT2D eigenvalue weighted by Gasteiger charge is -2.17. The molecule has 0 unspecified atom stereocenters. The molecule has 5 nitrogen and oxygen atoms in total. The van der Waals surface area contributed by atoms with Gasteiger partial charge in [-0.25, -0.2) is 0 Å². The first kappa shape index (κ1) is 11.7. The van der Waals surface area contributed by atoms with Gasteiger partial charge in [0.25, 0.3) is 5.78 Å². The molecule has 3 rings (SSSR count). The summed E-state index contributed by atoms with van der Waals surface area (Å²) in [5, 5.41) is 8.15. The maximum atomic E-state index is 6.00. The van der Waals surface area contributed by atoms with Crippen molar-refractivity contribution in [1.82, 2.24) is 19.6 Å². The number of rotatable bonds is 2. The lowest BCUT2D eigenvalue weighted by atomic mass is 10.1. The Kier molecular flexibility index (Phi) is 3.32. The topological polar surface area (TPSA) is 55.1 Å². The Morgan fingerprint density at radius 3 is 2.78 bits per heavy atom. The molecule has 0 bridgehead atoms. The van der Waals surface area contributed by atoms with E-state index in [-0.39, 0.29) is 0 Å². The van der Waals surface area contributed by atoms with Crippen LogP contribution in [0, 0.1) is 0 Å². The highest BCUT2D eigenvalue weighted by Crippen LogP contribution is 2.22. The molecule has 0 amide bonds. The summed E-state index contributed by atoms with van der Waals surface area (Å²) >= 11 is 6.00. The Labute approximate surface area is 111 Å². The van der Waals surface area contributed by atoms with E-state index in [0.29, 0.717) is 17.0 Å². The molecule has 1 aliphatic rings. The summed E-state index contributed by atoms with van der Waals surface area (Å²) < 4.78 is 1.71. The molecule has 96 valence electrons. The van der Waals surface area contributed by atoms with Crippen LogP contribution in [0.15, 0.2) is 12.4 Å². The molecule has 0 atom stereocenters. The van der Waals surface area contributed by atoms with E-state index in [1.165, 1.54) is 44.9 Å². The van der Waals surface area contributed by atoms with Crippen LogP contribution in [0.5, 0.6) is 0 Å². The van der Waals surface area contributed by atoms with E-state index in [0.717, 1.165) is 5.82 Å². The van der Waals surface area contributed by atoms with Crippen LogP contribution < -0.4 is 5.32 Å². The van der Waals surface area contributed by atoms with Crippen molar-refractivity contribution in [2.45, 2.75) is 44.6 Å². The average Bonchev–Trinajstić information content (AvgIpc) is 2.66. The molecular formula is C12H16ClN5. The minimum Gasteiger partial charge on any atom is -0.367 e. The molecular weight excluding hydrogens is 250 g/mol. The van der Waals surface area contributed by atoms with Crippen molar-refractivity contribution >= 4 is 23.2 Å². The second-order valence-corrected chi connectivity index (χ2v) is 5.16. The summed E-state index contributed by atoms with van der Waals surface area (Å²) in [7, 11) is 0. The van der Waals surface area contributed by atoms with Gasteiger partial charge in [0, 0.05) is 12.1 Å². The number of nitrogens with zero attached hydrogens (tertiary/aromatic N) is 4. The zero-order valence-corrected chi connectivity index (χ0v) is 10.9. The van der Waals surface area contributed by atoms with Crippen LogP contribution in [0.2, 0.25) is 5.15 Å². The smallest absolute Gasteiger partial charge is 0.255 e. The average molecular weight is 266 g/mol. The summed E-state index contributed by atoms with van der Waals surface area (Å²) in [4.78, 5) is 8.19. The Morgan fingerprint density at radius 2 is 2.00 bits per heavy atom. The number of fused-ring (bicyclic) bond motifs is 1. The summed E-state index contributed by atoms with van der Waals surface area (Å²) in [5.41, 5.74) is 0. The second kappa shape index (κ2) is 5.10. The molecule has 6 heteroatoms. The zero-order valence-electron chi connectivity index (χ0n) is 10.1. The number of hydrogen-bond donors (Lipinski definition) is 1. The standard InChI is InChI=1S/C12H16ClN5/c13-10-7-11(18-12(17-10)14-8-15-18)16-9-5-3-1-2-4-6-9/h7-9,16H,1-6H2. The fraction of sp³-hybridized carbons (Fsp3) is 0.583. The van der Waals surface area contributed by atoms with Crippen LogP contribution in [-0.4, -0.2) is 25.6 Å². The van der Waals surface area contributed by atoms with Gasteiger partial charge in [-0.2, -0.15) is 19.6 Å². The van der Waals surface area contributed by atoms with E-state index in [9.17, 15) is 0 Å². The maximum Gasteiger partial charge on any atom is 0.255 e. The molecule has 0 radical (unpaired) electrons. The predicted molar refractivity (Wildman–Crippen MR) is 70.9 cm³/mol. The summed E-state index contributed by atoms with van der Waals surface area (Å²) in [6.45, 7) is 0. The summed E-state index contributed by atoms with van der Waals surface area (Å²) in [5.74, 6) is 1.42. The van der Waals surface area contributed by atoms with Gasteiger partial charge in [0.05, 0.1) is 0 Å². The lowest BCUT2D eigenvalue weighted by Crippen LogP contribution is -2.20. The van der Waals surface area contributed by atoms with Gasteiger partial charge in [0.15, 0.2) is 0 Å². The van der Waals surface area contributed by atoms with Gasteiger partial charge in [0.1, 0.15) is 17.3 Å². The van der Waals surface area contributed by atoms with E-state index >= 15 is 0 Å². The SMILES string of the molecule is Clc1cc(NC2CCCCCC2)n2ncnc2n1. The Hall–Kier alpha value is -1.36. The zero-order chi connectivity index (χ0) is 12.4. The fourth-order valence-corrected chi connectivity index (χ4v) is 2.70. The van der Waals surface area contributed by atoms with Crippen LogP contribution in [0.3, 0.4) is 0 Å². The van der Waals surface area contributed by atoms with Crippen LogP contribution in [0.25, 0.3) is 5.78 Å². The minimum absolute atomic E-state index is 0.451. The maximum absolute atomic E-state index is 6.00. The molecule has 18 heavy (non-hydrogen) atoms. The highest BCUT2D eigenvalue weighted by molar-refractivity contribution is 6.29. The molecule has 0 aliphatic heterocycles. The van der Waals surface area contributed by atoms with E-state index in [1.807, 2.05) is 6.07 Å². The second-order valence-electron chi connectivity index (χ2n) is 4.77. The molecule has 2 aromatic heterocycles. The van der Waals surface area contributed by atoms with Gasteiger partial charge in [-0.3, -0.25) is 0 Å². The van der Waals surface area contributed by atoms with Crippen molar-refractivity contribution in [3.8, 4) is 0 Å². The van der Waals surface area contributed by atoms with Crippen molar-refractivity contribution in [3.05, 3.63) is 17.5 Å². The molecule has 1 fully saturated rings. The van der Waals surface area contributed by atoms with Gasteiger partial charge in [-0.1, -0.05) is 37.3 Å². The highest BCUT2D eigenvalue weighted by atomic mass is 35.5.